The van der Waals surface area contributed by atoms with Gasteiger partial charge in [-0.3, -0.25) is 0 Å². The maximum absolute atomic E-state index is 12.7. The molecule has 0 radical (unpaired) electrons. The molecule has 0 bridgehead atoms. The Bertz CT molecular complexity index is 332. The fourth-order valence-corrected chi connectivity index (χ4v) is 1.30. The van der Waals surface area contributed by atoms with Crippen molar-refractivity contribution in [2.24, 2.45) is 0 Å². The van der Waals surface area contributed by atoms with Crippen LogP contribution in [0, 0.1) is 5.82 Å². The van der Waals surface area contributed by atoms with E-state index in [1.807, 2.05) is 13.8 Å². The van der Waals surface area contributed by atoms with Crippen molar-refractivity contribution in [3.63, 3.8) is 0 Å². The highest BCUT2D eigenvalue weighted by molar-refractivity contribution is 6.25. The molecule has 1 rings (SSSR count). The predicted octanol–water partition coefficient (Wildman–Crippen LogP) is 3.62. The fourth-order valence-electron chi connectivity index (χ4n) is 1.22. The molecule has 1 aromatic rings. The quantitative estimate of drug-likeness (QED) is 0.829. The zero-order chi connectivity index (χ0) is 11.3. The first kappa shape index (κ1) is 12.2. The van der Waals surface area contributed by atoms with Crippen molar-refractivity contribution in [1.82, 2.24) is 5.32 Å². The molecule has 0 aliphatic rings. The van der Waals surface area contributed by atoms with Gasteiger partial charge in [0.1, 0.15) is 5.82 Å². The van der Waals surface area contributed by atoms with Crippen LogP contribution in [-0.2, 0) is 0 Å². The molecule has 1 aromatic carbocycles. The summed E-state index contributed by atoms with van der Waals surface area (Å²) >= 11 is 5.55. The van der Waals surface area contributed by atoms with Gasteiger partial charge < -0.3 is 5.32 Å². The number of rotatable bonds is 4. The minimum absolute atomic E-state index is 0.192. The summed E-state index contributed by atoms with van der Waals surface area (Å²) in [7, 11) is 0. The second-order valence-electron chi connectivity index (χ2n) is 3.61. The monoisotopic (exact) mass is 227 g/mol. The molecule has 0 unspecified atom stereocenters. The molecule has 15 heavy (non-hydrogen) atoms. The number of hydrogen-bond donors (Lipinski definition) is 1. The lowest BCUT2D eigenvalue weighted by Crippen LogP contribution is -2.20. The molecule has 1 N–H and O–H groups in total. The van der Waals surface area contributed by atoms with Crippen LogP contribution in [0.3, 0.4) is 0 Å². The molecule has 3 heteroatoms. The first-order valence-electron chi connectivity index (χ1n) is 4.88. The molecule has 0 fully saturated rings. The van der Waals surface area contributed by atoms with Crippen LogP contribution in [0.2, 0.25) is 0 Å². The standard InChI is InChI=1S/C12H15ClFN/c1-9(7-13)8-15-10(2)11-3-5-12(14)6-4-11/h3-7,10,15H,8H2,1-2H3/b9-7+/t10-/m0/s1. The maximum Gasteiger partial charge on any atom is 0.123 e. The van der Waals surface area contributed by atoms with Crippen LogP contribution in [-0.4, -0.2) is 6.54 Å². The minimum Gasteiger partial charge on any atom is -0.306 e. The topological polar surface area (TPSA) is 12.0 Å². The maximum atomic E-state index is 12.7. The van der Waals surface area contributed by atoms with Gasteiger partial charge in [0.15, 0.2) is 0 Å². The Kier molecular flexibility index (Phi) is 4.79. The van der Waals surface area contributed by atoms with E-state index in [1.54, 1.807) is 17.7 Å². The van der Waals surface area contributed by atoms with Gasteiger partial charge in [-0.2, -0.15) is 0 Å². The number of nitrogens with one attached hydrogen (secondary N) is 1. The molecular weight excluding hydrogens is 213 g/mol. The Balaban J connectivity index is 2.53. The number of benzene rings is 1. The SMILES string of the molecule is C/C(=C\Cl)CN[C@@H](C)c1ccc(F)cc1. The Labute approximate surface area is 95.0 Å². The van der Waals surface area contributed by atoms with Gasteiger partial charge in [0.2, 0.25) is 0 Å². The molecule has 0 aliphatic heterocycles. The van der Waals surface area contributed by atoms with Crippen LogP contribution in [0.4, 0.5) is 4.39 Å². The van der Waals surface area contributed by atoms with Gasteiger partial charge in [0, 0.05) is 18.1 Å². The van der Waals surface area contributed by atoms with Gasteiger partial charge in [-0.25, -0.2) is 4.39 Å². The summed E-state index contributed by atoms with van der Waals surface area (Å²) < 4.78 is 12.7. The summed E-state index contributed by atoms with van der Waals surface area (Å²) in [5.74, 6) is -0.206. The highest BCUT2D eigenvalue weighted by atomic mass is 35.5. The van der Waals surface area contributed by atoms with Gasteiger partial charge >= 0.3 is 0 Å². The van der Waals surface area contributed by atoms with Gasteiger partial charge in [0.05, 0.1) is 0 Å². The van der Waals surface area contributed by atoms with E-state index in [0.29, 0.717) is 0 Å². The molecule has 82 valence electrons. The average molecular weight is 228 g/mol. The Morgan fingerprint density at radius 1 is 1.47 bits per heavy atom. The van der Waals surface area contributed by atoms with Crippen LogP contribution in [0.25, 0.3) is 0 Å². The van der Waals surface area contributed by atoms with Crippen molar-refractivity contribution in [3.8, 4) is 0 Å². The summed E-state index contributed by atoms with van der Waals surface area (Å²) in [4.78, 5) is 0. The van der Waals surface area contributed by atoms with E-state index in [-0.39, 0.29) is 11.9 Å². The summed E-state index contributed by atoms with van der Waals surface area (Å²) in [5, 5.41) is 3.29. The molecule has 0 saturated heterocycles. The van der Waals surface area contributed by atoms with E-state index in [1.165, 1.54) is 12.1 Å². The predicted molar refractivity (Wildman–Crippen MR) is 62.4 cm³/mol. The molecule has 1 nitrogen and oxygen atoms in total. The second-order valence-corrected chi connectivity index (χ2v) is 3.83. The first-order valence-corrected chi connectivity index (χ1v) is 5.32. The van der Waals surface area contributed by atoms with Crippen LogP contribution in [0.1, 0.15) is 25.5 Å². The Hall–Kier alpha value is -0.860. The van der Waals surface area contributed by atoms with Gasteiger partial charge in [-0.05, 0) is 37.1 Å². The lowest BCUT2D eigenvalue weighted by molar-refractivity contribution is 0.598. The van der Waals surface area contributed by atoms with E-state index in [4.69, 9.17) is 11.6 Å². The van der Waals surface area contributed by atoms with Crippen LogP contribution >= 0.6 is 11.6 Å². The van der Waals surface area contributed by atoms with E-state index >= 15 is 0 Å². The fraction of sp³-hybridized carbons (Fsp3) is 0.333. The van der Waals surface area contributed by atoms with Crippen molar-refractivity contribution in [2.75, 3.05) is 6.54 Å². The Morgan fingerprint density at radius 3 is 2.60 bits per heavy atom. The van der Waals surface area contributed by atoms with Crippen LogP contribution in [0.5, 0.6) is 0 Å². The van der Waals surface area contributed by atoms with Gasteiger partial charge in [-0.15, -0.1) is 0 Å². The number of hydrogen-bond acceptors (Lipinski definition) is 1. The van der Waals surface area contributed by atoms with E-state index < -0.39 is 0 Å². The molecule has 1 atom stereocenters. The van der Waals surface area contributed by atoms with Crippen LogP contribution < -0.4 is 5.32 Å². The van der Waals surface area contributed by atoms with E-state index in [0.717, 1.165) is 17.7 Å². The third-order valence-electron chi connectivity index (χ3n) is 2.24. The largest absolute Gasteiger partial charge is 0.306 e. The zero-order valence-electron chi connectivity index (χ0n) is 8.93. The van der Waals surface area contributed by atoms with Crippen molar-refractivity contribution < 1.29 is 4.39 Å². The summed E-state index contributed by atoms with van der Waals surface area (Å²) in [6, 6.07) is 6.70. The highest BCUT2D eigenvalue weighted by Gasteiger charge is 2.04. The summed E-state index contributed by atoms with van der Waals surface area (Å²) in [6.07, 6.45) is 0. The van der Waals surface area contributed by atoms with Crippen LogP contribution in [0.15, 0.2) is 35.4 Å². The van der Waals surface area contributed by atoms with Gasteiger partial charge in [-0.1, -0.05) is 23.7 Å². The number of halogens is 2. The van der Waals surface area contributed by atoms with Crippen molar-refractivity contribution >= 4 is 11.6 Å². The van der Waals surface area contributed by atoms with E-state index in [9.17, 15) is 4.39 Å². The minimum atomic E-state index is -0.206. The van der Waals surface area contributed by atoms with Crippen molar-refractivity contribution in [1.29, 1.82) is 0 Å². The molecule has 0 spiro atoms. The molecule has 0 aliphatic carbocycles. The van der Waals surface area contributed by atoms with Crippen molar-refractivity contribution in [3.05, 3.63) is 46.8 Å². The molecule has 0 aromatic heterocycles. The van der Waals surface area contributed by atoms with Crippen molar-refractivity contribution in [2.45, 2.75) is 19.9 Å². The Morgan fingerprint density at radius 2 is 2.07 bits per heavy atom. The lowest BCUT2D eigenvalue weighted by Gasteiger charge is -2.14. The first-order chi connectivity index (χ1) is 7.13. The molecule has 0 amide bonds. The summed E-state index contributed by atoms with van der Waals surface area (Å²) in [5.41, 5.74) is 3.70. The smallest absolute Gasteiger partial charge is 0.123 e. The summed E-state index contributed by atoms with van der Waals surface area (Å²) in [6.45, 7) is 4.73. The average Bonchev–Trinajstić information content (AvgIpc) is 2.26. The van der Waals surface area contributed by atoms with Gasteiger partial charge in [0.25, 0.3) is 0 Å². The van der Waals surface area contributed by atoms with E-state index in [2.05, 4.69) is 5.32 Å². The normalized spacial score (nSPS) is 14.0. The second kappa shape index (κ2) is 5.89. The molecule has 0 saturated carbocycles. The zero-order valence-corrected chi connectivity index (χ0v) is 9.68. The third kappa shape index (κ3) is 4.02. The highest BCUT2D eigenvalue weighted by Crippen LogP contribution is 2.12. The lowest BCUT2D eigenvalue weighted by atomic mass is 10.1. The third-order valence-corrected chi connectivity index (χ3v) is 2.62. The molecular formula is C12H15ClFN. The molecule has 0 heterocycles.